The Labute approximate surface area is 90.6 Å². The SMILES string of the molecule is CCOc1ccc(C(F)(F)F)cc1SC. The van der Waals surface area contributed by atoms with Crippen molar-refractivity contribution in [3.05, 3.63) is 23.8 Å². The average molecular weight is 236 g/mol. The van der Waals surface area contributed by atoms with Gasteiger partial charge in [-0.05, 0) is 31.4 Å². The number of hydrogen-bond donors (Lipinski definition) is 0. The average Bonchev–Trinajstić information content (AvgIpc) is 2.17. The van der Waals surface area contributed by atoms with Gasteiger partial charge in [0.2, 0.25) is 0 Å². The molecule has 5 heteroatoms. The lowest BCUT2D eigenvalue weighted by Gasteiger charge is -2.12. The maximum Gasteiger partial charge on any atom is 0.416 e. The first-order valence-electron chi connectivity index (χ1n) is 4.37. The van der Waals surface area contributed by atoms with Gasteiger partial charge in [0.05, 0.1) is 12.2 Å². The van der Waals surface area contributed by atoms with Crippen LogP contribution < -0.4 is 4.74 Å². The van der Waals surface area contributed by atoms with Crippen LogP contribution in [0, 0.1) is 0 Å². The third-order valence-corrected chi connectivity index (χ3v) is 2.55. The highest BCUT2D eigenvalue weighted by molar-refractivity contribution is 7.98. The fourth-order valence-corrected chi connectivity index (χ4v) is 1.69. The lowest BCUT2D eigenvalue weighted by atomic mass is 10.2. The molecule has 1 rings (SSSR count). The van der Waals surface area contributed by atoms with E-state index in [4.69, 9.17) is 4.74 Å². The van der Waals surface area contributed by atoms with Gasteiger partial charge in [-0.25, -0.2) is 0 Å². The molecular weight excluding hydrogens is 225 g/mol. The molecule has 0 saturated carbocycles. The van der Waals surface area contributed by atoms with Crippen LogP contribution in [0.5, 0.6) is 5.75 Å². The standard InChI is InChI=1S/C10H11F3OS/c1-3-14-8-5-4-7(10(11,12)13)6-9(8)15-2/h4-6H,3H2,1-2H3. The molecule has 0 spiro atoms. The lowest BCUT2D eigenvalue weighted by molar-refractivity contribution is -0.137. The summed E-state index contributed by atoms with van der Waals surface area (Å²) in [5.74, 6) is 0.498. The van der Waals surface area contributed by atoms with Gasteiger partial charge < -0.3 is 4.74 Å². The Hall–Kier alpha value is -0.840. The predicted octanol–water partition coefficient (Wildman–Crippen LogP) is 3.83. The van der Waals surface area contributed by atoms with Crippen molar-refractivity contribution in [3.63, 3.8) is 0 Å². The van der Waals surface area contributed by atoms with Crippen LogP contribution in [-0.2, 0) is 6.18 Å². The van der Waals surface area contributed by atoms with Crippen LogP contribution in [0.3, 0.4) is 0 Å². The Bertz CT molecular complexity index is 336. The second kappa shape index (κ2) is 4.79. The number of rotatable bonds is 3. The molecule has 0 saturated heterocycles. The van der Waals surface area contributed by atoms with Crippen LogP contribution in [0.15, 0.2) is 23.1 Å². The molecule has 1 nitrogen and oxygen atoms in total. The lowest BCUT2D eigenvalue weighted by Crippen LogP contribution is -2.05. The van der Waals surface area contributed by atoms with Crippen LogP contribution in [-0.4, -0.2) is 12.9 Å². The van der Waals surface area contributed by atoms with Gasteiger partial charge in [-0.2, -0.15) is 13.2 Å². The smallest absolute Gasteiger partial charge is 0.416 e. The quantitative estimate of drug-likeness (QED) is 0.738. The largest absolute Gasteiger partial charge is 0.493 e. The molecule has 1 aromatic carbocycles. The molecule has 0 aromatic heterocycles. The molecule has 0 aliphatic carbocycles. The highest BCUT2D eigenvalue weighted by Crippen LogP contribution is 2.35. The van der Waals surface area contributed by atoms with Gasteiger partial charge >= 0.3 is 6.18 Å². The number of benzene rings is 1. The molecule has 0 aliphatic heterocycles. The Morgan fingerprint density at radius 3 is 2.47 bits per heavy atom. The molecule has 1 aromatic rings. The third kappa shape index (κ3) is 3.06. The molecule has 0 amide bonds. The van der Waals surface area contributed by atoms with Gasteiger partial charge in [0.1, 0.15) is 5.75 Å². The van der Waals surface area contributed by atoms with E-state index >= 15 is 0 Å². The Balaban J connectivity index is 3.08. The topological polar surface area (TPSA) is 9.23 Å². The molecule has 0 radical (unpaired) electrons. The van der Waals surface area contributed by atoms with Crippen LogP contribution >= 0.6 is 11.8 Å². The van der Waals surface area contributed by atoms with Crippen molar-refractivity contribution in [1.82, 2.24) is 0 Å². The first-order chi connectivity index (χ1) is 6.99. The van der Waals surface area contributed by atoms with Crippen molar-refractivity contribution in [2.45, 2.75) is 18.0 Å². The summed E-state index contributed by atoms with van der Waals surface area (Å²) in [5, 5.41) is 0. The second-order valence-corrected chi connectivity index (χ2v) is 3.64. The van der Waals surface area contributed by atoms with E-state index in [2.05, 4.69) is 0 Å². The molecule has 0 atom stereocenters. The van der Waals surface area contributed by atoms with Crippen molar-refractivity contribution < 1.29 is 17.9 Å². The molecule has 0 unspecified atom stereocenters. The molecule has 0 N–H and O–H groups in total. The fraction of sp³-hybridized carbons (Fsp3) is 0.400. The minimum absolute atomic E-state index is 0.443. The van der Waals surface area contributed by atoms with Crippen molar-refractivity contribution in [3.8, 4) is 5.75 Å². The zero-order valence-corrected chi connectivity index (χ0v) is 9.21. The Kier molecular flexibility index (Phi) is 3.90. The van der Waals surface area contributed by atoms with Crippen LogP contribution in [0.1, 0.15) is 12.5 Å². The van der Waals surface area contributed by atoms with Gasteiger partial charge in [-0.15, -0.1) is 11.8 Å². The summed E-state index contributed by atoms with van der Waals surface area (Å²) in [6.07, 6.45) is -2.58. The summed E-state index contributed by atoms with van der Waals surface area (Å²) in [6, 6.07) is 3.50. The maximum atomic E-state index is 12.4. The van der Waals surface area contributed by atoms with Crippen molar-refractivity contribution >= 4 is 11.8 Å². The van der Waals surface area contributed by atoms with E-state index in [1.165, 1.54) is 17.8 Å². The summed E-state index contributed by atoms with van der Waals surface area (Å²) in [6.45, 7) is 2.24. The number of ether oxygens (including phenoxy) is 1. The van der Waals surface area contributed by atoms with Gasteiger partial charge in [0, 0.05) is 4.90 Å². The summed E-state index contributed by atoms with van der Waals surface area (Å²) < 4.78 is 42.3. The van der Waals surface area contributed by atoms with Crippen LogP contribution in [0.2, 0.25) is 0 Å². The van der Waals surface area contributed by atoms with Gasteiger partial charge in [0.25, 0.3) is 0 Å². The first kappa shape index (κ1) is 12.2. The zero-order valence-electron chi connectivity index (χ0n) is 8.39. The van der Waals surface area contributed by atoms with E-state index in [9.17, 15) is 13.2 Å². The third-order valence-electron chi connectivity index (χ3n) is 1.79. The van der Waals surface area contributed by atoms with Gasteiger partial charge in [-0.3, -0.25) is 0 Å². The summed E-state index contributed by atoms with van der Waals surface area (Å²) in [5.41, 5.74) is -0.643. The van der Waals surface area contributed by atoms with E-state index in [0.717, 1.165) is 12.1 Å². The van der Waals surface area contributed by atoms with Crippen molar-refractivity contribution in [2.24, 2.45) is 0 Å². The number of halogens is 3. The summed E-state index contributed by atoms with van der Waals surface area (Å²) >= 11 is 1.24. The fourth-order valence-electron chi connectivity index (χ4n) is 1.12. The van der Waals surface area contributed by atoms with Crippen molar-refractivity contribution in [1.29, 1.82) is 0 Å². The normalized spacial score (nSPS) is 11.5. The van der Waals surface area contributed by atoms with E-state index in [-0.39, 0.29) is 0 Å². The van der Waals surface area contributed by atoms with Gasteiger partial charge in [0.15, 0.2) is 0 Å². The Morgan fingerprint density at radius 1 is 1.33 bits per heavy atom. The predicted molar refractivity (Wildman–Crippen MR) is 54.4 cm³/mol. The van der Waals surface area contributed by atoms with Crippen molar-refractivity contribution in [2.75, 3.05) is 12.9 Å². The summed E-state index contributed by atoms with van der Waals surface area (Å²) in [4.78, 5) is 0.506. The summed E-state index contributed by atoms with van der Waals surface area (Å²) in [7, 11) is 0. The molecular formula is C10H11F3OS. The maximum absolute atomic E-state index is 12.4. The Morgan fingerprint density at radius 2 is 2.00 bits per heavy atom. The van der Waals surface area contributed by atoms with E-state index in [1.54, 1.807) is 13.2 Å². The van der Waals surface area contributed by atoms with E-state index in [1.807, 2.05) is 0 Å². The minimum Gasteiger partial charge on any atom is -0.493 e. The van der Waals surface area contributed by atoms with E-state index < -0.39 is 11.7 Å². The van der Waals surface area contributed by atoms with Gasteiger partial charge in [-0.1, -0.05) is 0 Å². The molecule has 0 aliphatic rings. The monoisotopic (exact) mass is 236 g/mol. The minimum atomic E-state index is -4.30. The highest BCUT2D eigenvalue weighted by atomic mass is 32.2. The second-order valence-electron chi connectivity index (χ2n) is 2.80. The van der Waals surface area contributed by atoms with Crippen LogP contribution in [0.25, 0.3) is 0 Å². The van der Waals surface area contributed by atoms with E-state index in [0.29, 0.717) is 17.3 Å². The highest BCUT2D eigenvalue weighted by Gasteiger charge is 2.31. The van der Waals surface area contributed by atoms with Crippen LogP contribution in [0.4, 0.5) is 13.2 Å². The molecule has 0 fully saturated rings. The molecule has 0 heterocycles. The molecule has 15 heavy (non-hydrogen) atoms. The number of thioether (sulfide) groups is 1. The number of alkyl halides is 3. The zero-order chi connectivity index (χ0) is 11.5. The first-order valence-corrected chi connectivity index (χ1v) is 5.59. The molecule has 84 valence electrons. The molecule has 0 bridgehead atoms. The number of hydrogen-bond acceptors (Lipinski definition) is 2.